The van der Waals surface area contributed by atoms with Gasteiger partial charge in [0, 0.05) is 41.7 Å². The normalized spacial score (nSPS) is 20.5. The Kier molecular flexibility index (Phi) is 5.29. The average molecular weight is 402 g/mol. The van der Waals surface area contributed by atoms with Crippen LogP contribution in [0.1, 0.15) is 50.7 Å². The van der Waals surface area contributed by atoms with Crippen molar-refractivity contribution in [2.24, 2.45) is 5.41 Å². The van der Waals surface area contributed by atoms with E-state index in [1.165, 1.54) is 0 Å². The van der Waals surface area contributed by atoms with Crippen molar-refractivity contribution in [2.75, 3.05) is 0 Å². The Labute approximate surface area is 176 Å². The number of ether oxygens (including phenoxy) is 1. The third-order valence-electron chi connectivity index (χ3n) is 5.69. The number of allylic oxidation sites excluding steroid dienone is 3. The van der Waals surface area contributed by atoms with Crippen molar-refractivity contribution < 1.29 is 14.3 Å². The second-order valence-corrected chi connectivity index (χ2v) is 8.78. The number of rotatable bonds is 4. The Morgan fingerprint density at radius 1 is 1.17 bits per heavy atom. The summed E-state index contributed by atoms with van der Waals surface area (Å²) in [6, 6.07) is 13.3. The van der Waals surface area contributed by atoms with Gasteiger partial charge in [0.2, 0.25) is 0 Å². The first-order valence-corrected chi connectivity index (χ1v) is 10.2. The molecule has 1 unspecified atom stereocenters. The lowest BCUT2D eigenvalue weighted by Crippen LogP contribution is -2.38. The highest BCUT2D eigenvalue weighted by molar-refractivity contribution is 6.04. The highest BCUT2D eigenvalue weighted by Gasteiger charge is 2.43. The van der Waals surface area contributed by atoms with E-state index in [0.29, 0.717) is 17.6 Å². The van der Waals surface area contributed by atoms with Gasteiger partial charge < -0.3 is 10.1 Å². The van der Waals surface area contributed by atoms with Crippen LogP contribution in [0.4, 0.5) is 0 Å². The van der Waals surface area contributed by atoms with Crippen molar-refractivity contribution in [3.8, 4) is 0 Å². The van der Waals surface area contributed by atoms with Gasteiger partial charge in [0.15, 0.2) is 5.78 Å². The monoisotopic (exact) mass is 402 g/mol. The van der Waals surface area contributed by atoms with Crippen molar-refractivity contribution in [3.63, 3.8) is 0 Å². The Morgan fingerprint density at radius 3 is 2.63 bits per heavy atom. The van der Waals surface area contributed by atoms with E-state index in [1.54, 1.807) is 12.4 Å². The third-order valence-corrected chi connectivity index (χ3v) is 5.69. The van der Waals surface area contributed by atoms with Gasteiger partial charge in [-0.05, 0) is 36.0 Å². The van der Waals surface area contributed by atoms with Crippen LogP contribution in [0.2, 0.25) is 0 Å². The molecule has 1 aromatic heterocycles. The lowest BCUT2D eigenvalue weighted by atomic mass is 9.69. The molecule has 0 bridgehead atoms. The largest absolute Gasteiger partial charge is 0.457 e. The van der Waals surface area contributed by atoms with E-state index >= 15 is 0 Å². The fourth-order valence-electron chi connectivity index (χ4n) is 4.39. The molecule has 1 aliphatic heterocycles. The number of nitrogens with zero attached hydrogens (tertiary/aromatic N) is 1. The quantitative estimate of drug-likeness (QED) is 0.767. The number of esters is 1. The molecule has 0 amide bonds. The van der Waals surface area contributed by atoms with E-state index in [1.807, 2.05) is 49.4 Å². The smallest absolute Gasteiger partial charge is 0.337 e. The maximum atomic E-state index is 13.2. The Hall–Kier alpha value is -3.21. The molecule has 2 aliphatic rings. The number of Topliss-reactive ketones (excluding diaryl/α,β-unsaturated/α-hetero) is 1. The highest BCUT2D eigenvalue weighted by Crippen LogP contribution is 2.46. The molecule has 0 radical (unpaired) electrons. The SMILES string of the molecule is CC1=C(C(=O)OCc2ccccc2)C(c2cccnc2)C2=C(CC(C)(C)CC2=O)N1. The van der Waals surface area contributed by atoms with E-state index in [-0.39, 0.29) is 17.8 Å². The number of benzene rings is 1. The topological polar surface area (TPSA) is 68.3 Å². The maximum Gasteiger partial charge on any atom is 0.337 e. The number of aromatic nitrogens is 1. The van der Waals surface area contributed by atoms with E-state index in [2.05, 4.69) is 24.1 Å². The zero-order valence-electron chi connectivity index (χ0n) is 17.6. The van der Waals surface area contributed by atoms with Gasteiger partial charge in [-0.2, -0.15) is 0 Å². The third kappa shape index (κ3) is 3.92. The summed E-state index contributed by atoms with van der Waals surface area (Å²) in [5.74, 6) is -0.813. The van der Waals surface area contributed by atoms with Crippen LogP contribution in [0, 0.1) is 5.41 Å². The summed E-state index contributed by atoms with van der Waals surface area (Å²) in [5.41, 5.74) is 4.40. The second-order valence-electron chi connectivity index (χ2n) is 8.78. The van der Waals surface area contributed by atoms with Crippen LogP contribution >= 0.6 is 0 Å². The van der Waals surface area contributed by atoms with Crippen LogP contribution < -0.4 is 5.32 Å². The zero-order valence-corrected chi connectivity index (χ0v) is 17.6. The van der Waals surface area contributed by atoms with Crippen LogP contribution in [0.25, 0.3) is 0 Å². The summed E-state index contributed by atoms with van der Waals surface area (Å²) in [4.78, 5) is 30.6. The van der Waals surface area contributed by atoms with Crippen molar-refractivity contribution >= 4 is 11.8 Å². The van der Waals surface area contributed by atoms with Gasteiger partial charge in [0.1, 0.15) is 6.61 Å². The summed E-state index contributed by atoms with van der Waals surface area (Å²) in [6.45, 7) is 6.25. The average Bonchev–Trinajstić information content (AvgIpc) is 2.71. The molecule has 4 rings (SSSR count). The number of nitrogens with one attached hydrogen (secondary N) is 1. The molecule has 2 heterocycles. The van der Waals surface area contributed by atoms with Crippen molar-refractivity contribution in [3.05, 3.63) is 88.5 Å². The molecule has 5 heteroatoms. The minimum absolute atomic E-state index is 0.0727. The van der Waals surface area contributed by atoms with E-state index in [4.69, 9.17) is 4.74 Å². The van der Waals surface area contributed by atoms with Crippen LogP contribution in [-0.4, -0.2) is 16.7 Å². The first kappa shape index (κ1) is 20.1. The van der Waals surface area contributed by atoms with Crippen molar-refractivity contribution in [2.45, 2.75) is 46.1 Å². The molecule has 0 saturated heterocycles. The van der Waals surface area contributed by atoms with Crippen LogP contribution in [0.3, 0.4) is 0 Å². The fraction of sp³-hybridized carbons (Fsp3) is 0.320. The number of ketones is 1. The first-order chi connectivity index (χ1) is 14.4. The van der Waals surface area contributed by atoms with Crippen LogP contribution in [0.15, 0.2) is 77.4 Å². The van der Waals surface area contributed by atoms with Gasteiger partial charge in [0.25, 0.3) is 0 Å². The fourth-order valence-corrected chi connectivity index (χ4v) is 4.39. The van der Waals surface area contributed by atoms with Crippen LogP contribution in [-0.2, 0) is 20.9 Å². The molecule has 1 atom stereocenters. The summed E-state index contributed by atoms with van der Waals surface area (Å²) in [7, 11) is 0. The Balaban J connectivity index is 1.72. The lowest BCUT2D eigenvalue weighted by molar-refractivity contribution is -0.140. The molecular formula is C25H26N2O3. The standard InChI is InChI=1S/C25H26N2O3/c1-16-21(24(29)30-15-17-8-5-4-6-9-17)22(18-10-7-11-26-14-18)23-19(27-16)12-25(2,3)13-20(23)28/h4-11,14,22,27H,12-13,15H2,1-3H3. The molecule has 1 N–H and O–H groups in total. The second kappa shape index (κ2) is 7.90. The van der Waals surface area contributed by atoms with Gasteiger partial charge in [-0.15, -0.1) is 0 Å². The maximum absolute atomic E-state index is 13.2. The molecule has 1 aromatic carbocycles. The van der Waals surface area contributed by atoms with Gasteiger partial charge in [0.05, 0.1) is 5.57 Å². The zero-order chi connectivity index (χ0) is 21.3. The van der Waals surface area contributed by atoms with Gasteiger partial charge in [-0.3, -0.25) is 9.78 Å². The minimum Gasteiger partial charge on any atom is -0.457 e. The number of pyridine rings is 1. The summed E-state index contributed by atoms with van der Waals surface area (Å²) in [5, 5.41) is 3.35. The van der Waals surface area contributed by atoms with Crippen molar-refractivity contribution in [1.29, 1.82) is 0 Å². The molecular weight excluding hydrogens is 376 g/mol. The number of hydrogen-bond acceptors (Lipinski definition) is 5. The number of carbonyl (C=O) groups is 2. The molecule has 0 fully saturated rings. The lowest BCUT2D eigenvalue weighted by Gasteiger charge is -2.39. The Morgan fingerprint density at radius 2 is 1.93 bits per heavy atom. The van der Waals surface area contributed by atoms with Crippen LogP contribution in [0.5, 0.6) is 0 Å². The molecule has 0 spiro atoms. The Bertz CT molecular complexity index is 1040. The number of dihydropyridines is 1. The van der Waals surface area contributed by atoms with Crippen molar-refractivity contribution in [1.82, 2.24) is 10.3 Å². The summed E-state index contributed by atoms with van der Waals surface area (Å²) >= 11 is 0. The van der Waals surface area contributed by atoms with Gasteiger partial charge >= 0.3 is 5.97 Å². The van der Waals surface area contributed by atoms with E-state index in [9.17, 15) is 9.59 Å². The molecule has 2 aromatic rings. The number of hydrogen-bond donors (Lipinski definition) is 1. The number of carbonyl (C=O) groups excluding carboxylic acids is 2. The molecule has 5 nitrogen and oxygen atoms in total. The predicted octanol–water partition coefficient (Wildman–Crippen LogP) is 4.43. The predicted molar refractivity (Wildman–Crippen MR) is 114 cm³/mol. The molecule has 0 saturated carbocycles. The highest BCUT2D eigenvalue weighted by atomic mass is 16.5. The molecule has 30 heavy (non-hydrogen) atoms. The minimum atomic E-state index is -0.471. The molecule has 154 valence electrons. The molecule has 1 aliphatic carbocycles. The van der Waals surface area contributed by atoms with E-state index < -0.39 is 11.9 Å². The first-order valence-electron chi connectivity index (χ1n) is 10.2. The van der Waals surface area contributed by atoms with E-state index in [0.717, 1.165) is 28.9 Å². The van der Waals surface area contributed by atoms with Gasteiger partial charge in [-0.1, -0.05) is 50.2 Å². The summed E-state index contributed by atoms with van der Waals surface area (Å²) < 4.78 is 5.65. The van der Waals surface area contributed by atoms with Gasteiger partial charge in [-0.25, -0.2) is 4.79 Å². The summed E-state index contributed by atoms with van der Waals surface area (Å²) in [6.07, 6.45) is 4.63.